The number of allylic oxidation sites excluding steroid dienone is 1. The first-order chi connectivity index (χ1) is 12.6. The van der Waals surface area contributed by atoms with Gasteiger partial charge in [-0.1, -0.05) is 55.8 Å². The van der Waals surface area contributed by atoms with Crippen molar-refractivity contribution in [2.75, 3.05) is 5.32 Å². The lowest BCUT2D eigenvalue weighted by Gasteiger charge is -2.06. The molecule has 0 bridgehead atoms. The van der Waals surface area contributed by atoms with Gasteiger partial charge in [0.15, 0.2) is 0 Å². The molecule has 3 rings (SSSR count). The summed E-state index contributed by atoms with van der Waals surface area (Å²) < 4.78 is 0. The molecule has 0 aliphatic carbocycles. The van der Waals surface area contributed by atoms with Crippen LogP contribution < -0.4 is 5.32 Å². The van der Waals surface area contributed by atoms with Crippen molar-refractivity contribution in [1.82, 2.24) is 4.98 Å². The van der Waals surface area contributed by atoms with Gasteiger partial charge in [-0.05, 0) is 30.5 Å². The third-order valence-electron chi connectivity index (χ3n) is 4.16. The topological polar surface area (TPSA) is 48.7 Å². The summed E-state index contributed by atoms with van der Waals surface area (Å²) in [5.74, 6) is 0.504. The number of hydrogen-bond donors (Lipinski definition) is 1. The molecule has 0 aliphatic rings. The monoisotopic (exact) mass is 359 g/mol. The van der Waals surface area contributed by atoms with Gasteiger partial charge in [0.1, 0.15) is 16.6 Å². The zero-order chi connectivity index (χ0) is 18.5. The second-order valence-electron chi connectivity index (χ2n) is 6.49. The number of nitrogens with zero attached hydrogens (tertiary/aromatic N) is 2. The number of aromatic nitrogens is 1. The van der Waals surface area contributed by atoms with Gasteiger partial charge in [-0.25, -0.2) is 4.98 Å². The molecule has 0 aliphatic heterocycles. The minimum Gasteiger partial charge on any atom is -0.360 e. The summed E-state index contributed by atoms with van der Waals surface area (Å²) >= 11 is 1.48. The van der Waals surface area contributed by atoms with Gasteiger partial charge in [0, 0.05) is 22.8 Å². The summed E-state index contributed by atoms with van der Waals surface area (Å²) in [4.78, 5) is 4.62. The van der Waals surface area contributed by atoms with Crippen LogP contribution in [0.25, 0.3) is 16.8 Å². The number of hydrogen-bond acceptors (Lipinski definition) is 4. The highest BCUT2D eigenvalue weighted by molar-refractivity contribution is 7.11. The predicted octanol–water partition coefficient (Wildman–Crippen LogP) is 6.22. The van der Waals surface area contributed by atoms with Crippen LogP contribution in [0.3, 0.4) is 0 Å². The standard InChI is InChI=1S/C22H21N3S/c1-15(2)17-8-10-20(11-9-17)24-13-19(12-23)22-25-21(14-26-22)18-6-4-16(3)5-7-18/h4-11,13-15,24H,1-3H3/b19-13-. The highest BCUT2D eigenvalue weighted by Crippen LogP contribution is 2.26. The van der Waals surface area contributed by atoms with E-state index in [0.29, 0.717) is 11.5 Å². The van der Waals surface area contributed by atoms with Gasteiger partial charge in [-0.2, -0.15) is 5.26 Å². The lowest BCUT2D eigenvalue weighted by atomic mass is 10.0. The first kappa shape index (κ1) is 17.9. The Morgan fingerprint density at radius 3 is 2.42 bits per heavy atom. The number of nitriles is 1. The van der Waals surface area contributed by atoms with Crippen LogP contribution in [-0.2, 0) is 0 Å². The summed E-state index contributed by atoms with van der Waals surface area (Å²) in [5.41, 5.74) is 5.95. The first-order valence-electron chi connectivity index (χ1n) is 8.56. The molecule has 0 radical (unpaired) electrons. The molecule has 1 heterocycles. The van der Waals surface area contributed by atoms with Crippen molar-refractivity contribution in [3.8, 4) is 17.3 Å². The van der Waals surface area contributed by atoms with Gasteiger partial charge >= 0.3 is 0 Å². The van der Waals surface area contributed by atoms with Gasteiger partial charge < -0.3 is 5.32 Å². The van der Waals surface area contributed by atoms with E-state index in [-0.39, 0.29) is 0 Å². The largest absolute Gasteiger partial charge is 0.360 e. The minimum atomic E-state index is 0.504. The fraction of sp³-hybridized carbons (Fsp3) is 0.182. The van der Waals surface area contributed by atoms with Crippen LogP contribution in [0.4, 0.5) is 5.69 Å². The molecule has 3 aromatic rings. The smallest absolute Gasteiger partial charge is 0.136 e. The van der Waals surface area contributed by atoms with E-state index in [2.05, 4.69) is 73.5 Å². The van der Waals surface area contributed by atoms with Gasteiger partial charge in [-0.15, -0.1) is 11.3 Å². The SMILES string of the molecule is Cc1ccc(-c2csc(/C(C#N)=C\Nc3ccc(C(C)C)cc3)n2)cc1. The van der Waals surface area contributed by atoms with Crippen LogP contribution in [0, 0.1) is 18.3 Å². The second-order valence-corrected chi connectivity index (χ2v) is 7.35. The summed E-state index contributed by atoms with van der Waals surface area (Å²) in [6.07, 6.45) is 1.72. The molecule has 0 saturated heterocycles. The van der Waals surface area contributed by atoms with Crippen LogP contribution in [0.1, 0.15) is 35.9 Å². The second kappa shape index (κ2) is 7.99. The zero-order valence-corrected chi connectivity index (χ0v) is 16.0. The summed E-state index contributed by atoms with van der Waals surface area (Å²) in [6, 6.07) is 18.7. The Labute approximate surface area is 158 Å². The third kappa shape index (κ3) is 4.19. The van der Waals surface area contributed by atoms with Gasteiger partial charge in [-0.3, -0.25) is 0 Å². The molecule has 0 atom stereocenters. The highest BCUT2D eigenvalue weighted by Gasteiger charge is 2.09. The summed E-state index contributed by atoms with van der Waals surface area (Å²) in [7, 11) is 0. The quantitative estimate of drug-likeness (QED) is 0.550. The van der Waals surface area contributed by atoms with Crippen molar-refractivity contribution in [1.29, 1.82) is 5.26 Å². The number of benzene rings is 2. The Morgan fingerprint density at radius 1 is 1.12 bits per heavy atom. The summed E-state index contributed by atoms with van der Waals surface area (Å²) in [6.45, 7) is 6.40. The van der Waals surface area contributed by atoms with E-state index >= 15 is 0 Å². The zero-order valence-electron chi connectivity index (χ0n) is 15.2. The lowest BCUT2D eigenvalue weighted by molar-refractivity contribution is 0.867. The number of thiazole rings is 1. The van der Waals surface area contributed by atoms with Crippen molar-refractivity contribution < 1.29 is 0 Å². The average Bonchev–Trinajstić information content (AvgIpc) is 3.13. The van der Waals surface area contributed by atoms with Crippen molar-refractivity contribution in [2.24, 2.45) is 0 Å². The molecular formula is C22H21N3S. The molecule has 0 unspecified atom stereocenters. The molecular weight excluding hydrogens is 338 g/mol. The molecule has 0 fully saturated rings. The lowest BCUT2D eigenvalue weighted by Crippen LogP contribution is -1.92. The van der Waals surface area contributed by atoms with E-state index in [1.54, 1.807) is 6.20 Å². The van der Waals surface area contributed by atoms with E-state index in [9.17, 15) is 5.26 Å². The Kier molecular flexibility index (Phi) is 5.50. The molecule has 4 heteroatoms. The van der Waals surface area contributed by atoms with E-state index in [0.717, 1.165) is 22.0 Å². The van der Waals surface area contributed by atoms with Gasteiger partial charge in [0.25, 0.3) is 0 Å². The maximum absolute atomic E-state index is 9.50. The van der Waals surface area contributed by atoms with E-state index < -0.39 is 0 Å². The van der Waals surface area contributed by atoms with Crippen molar-refractivity contribution in [2.45, 2.75) is 26.7 Å². The van der Waals surface area contributed by atoms with Crippen LogP contribution in [-0.4, -0.2) is 4.98 Å². The Morgan fingerprint density at radius 2 is 1.81 bits per heavy atom. The number of aryl methyl sites for hydroxylation is 1. The first-order valence-corrected chi connectivity index (χ1v) is 9.44. The average molecular weight is 359 g/mol. The van der Waals surface area contributed by atoms with Crippen molar-refractivity contribution >= 4 is 22.6 Å². The molecule has 1 aromatic heterocycles. The van der Waals surface area contributed by atoms with E-state index in [1.165, 1.54) is 22.5 Å². The van der Waals surface area contributed by atoms with Crippen molar-refractivity contribution in [3.63, 3.8) is 0 Å². The van der Waals surface area contributed by atoms with Gasteiger partial charge in [0.2, 0.25) is 0 Å². The van der Waals surface area contributed by atoms with E-state index in [4.69, 9.17) is 0 Å². The van der Waals surface area contributed by atoms with Crippen molar-refractivity contribution in [3.05, 3.63) is 76.2 Å². The number of anilines is 1. The van der Waals surface area contributed by atoms with Crippen LogP contribution >= 0.6 is 11.3 Å². The summed E-state index contributed by atoms with van der Waals surface area (Å²) in [5, 5.41) is 15.4. The van der Waals surface area contributed by atoms with Crippen LogP contribution in [0.15, 0.2) is 60.1 Å². The molecule has 0 amide bonds. The molecule has 0 saturated carbocycles. The maximum atomic E-state index is 9.50. The fourth-order valence-corrected chi connectivity index (χ4v) is 3.31. The molecule has 2 aromatic carbocycles. The normalized spacial score (nSPS) is 11.4. The number of rotatable bonds is 5. The number of nitrogens with one attached hydrogen (secondary N) is 1. The Balaban J connectivity index is 1.77. The molecule has 26 heavy (non-hydrogen) atoms. The Bertz CT molecular complexity index is 942. The molecule has 1 N–H and O–H groups in total. The molecule has 3 nitrogen and oxygen atoms in total. The fourth-order valence-electron chi connectivity index (χ4n) is 2.52. The van der Waals surface area contributed by atoms with Gasteiger partial charge in [0.05, 0.1) is 5.69 Å². The molecule has 130 valence electrons. The third-order valence-corrected chi connectivity index (χ3v) is 5.04. The minimum absolute atomic E-state index is 0.504. The van der Waals surface area contributed by atoms with Crippen LogP contribution in [0.5, 0.6) is 0 Å². The maximum Gasteiger partial charge on any atom is 0.136 e. The molecule has 0 spiro atoms. The predicted molar refractivity (Wildman–Crippen MR) is 110 cm³/mol. The Hall–Kier alpha value is -2.90. The van der Waals surface area contributed by atoms with Crippen LogP contribution in [0.2, 0.25) is 0 Å². The van der Waals surface area contributed by atoms with E-state index in [1.807, 2.05) is 17.5 Å². The highest BCUT2D eigenvalue weighted by atomic mass is 32.1.